The van der Waals surface area contributed by atoms with Crippen molar-refractivity contribution in [3.05, 3.63) is 26.7 Å². The molecule has 1 rings (SSSR count). The average molecular weight is 317 g/mol. The maximum atomic E-state index is 5.63. The smallest absolute Gasteiger partial charge is 0.126 e. The Balaban J connectivity index is 3.70. The Morgan fingerprint density at radius 1 is 1.12 bits per heavy atom. The maximum Gasteiger partial charge on any atom is 0.126 e. The molecule has 0 saturated heterocycles. The summed E-state index contributed by atoms with van der Waals surface area (Å²) in [6, 6.07) is 0. The number of ether oxygens (including phenoxy) is 1. The molecule has 17 heavy (non-hydrogen) atoms. The maximum absolute atomic E-state index is 5.63. The highest BCUT2D eigenvalue weighted by atomic mass is 79.9. The van der Waals surface area contributed by atoms with E-state index in [1.54, 1.807) is 7.11 Å². The third kappa shape index (κ3) is 2.50. The van der Waals surface area contributed by atoms with E-state index >= 15 is 0 Å². The number of hydrogen-bond acceptors (Lipinski definition) is 2. The van der Waals surface area contributed by atoms with Gasteiger partial charge in [-0.2, -0.15) is 12.6 Å². The minimum Gasteiger partial charge on any atom is -0.496 e. The Labute approximate surface area is 118 Å². The van der Waals surface area contributed by atoms with E-state index in [1.165, 1.54) is 26.7 Å². The molecule has 3 heteroatoms. The highest BCUT2D eigenvalue weighted by molar-refractivity contribution is 9.10. The van der Waals surface area contributed by atoms with Crippen molar-refractivity contribution < 1.29 is 4.74 Å². The van der Waals surface area contributed by atoms with Gasteiger partial charge in [0.25, 0.3) is 0 Å². The molecule has 0 spiro atoms. The van der Waals surface area contributed by atoms with Crippen molar-refractivity contribution in [2.24, 2.45) is 0 Å². The normalized spacial score (nSPS) is 11.8. The highest BCUT2D eigenvalue weighted by Crippen LogP contribution is 2.42. The van der Waals surface area contributed by atoms with Crippen LogP contribution in [0.5, 0.6) is 5.75 Å². The van der Waals surface area contributed by atoms with Crippen molar-refractivity contribution in [1.29, 1.82) is 0 Å². The molecule has 0 amide bonds. The lowest BCUT2D eigenvalue weighted by Crippen LogP contribution is -2.22. The number of methoxy groups -OCH3 is 1. The van der Waals surface area contributed by atoms with Gasteiger partial charge in [0.05, 0.1) is 7.11 Å². The van der Waals surface area contributed by atoms with Crippen LogP contribution in [0.25, 0.3) is 0 Å². The molecule has 1 aromatic rings. The van der Waals surface area contributed by atoms with E-state index in [9.17, 15) is 0 Å². The Hall–Kier alpha value is -0.150. The summed E-state index contributed by atoms with van der Waals surface area (Å²) in [7, 11) is 1.74. The van der Waals surface area contributed by atoms with Crippen LogP contribution in [0.2, 0.25) is 0 Å². The van der Waals surface area contributed by atoms with Gasteiger partial charge in [-0.15, -0.1) is 0 Å². The predicted molar refractivity (Wildman–Crippen MR) is 81.8 cm³/mol. The molecule has 0 aromatic heterocycles. The van der Waals surface area contributed by atoms with Crippen LogP contribution in [-0.2, 0) is 5.41 Å². The molecule has 0 aliphatic heterocycles. The van der Waals surface area contributed by atoms with Gasteiger partial charge in [0, 0.05) is 15.5 Å². The molecule has 0 atom stereocenters. The van der Waals surface area contributed by atoms with Crippen LogP contribution in [0.15, 0.2) is 4.47 Å². The van der Waals surface area contributed by atoms with Crippen molar-refractivity contribution >= 4 is 28.6 Å². The van der Waals surface area contributed by atoms with Gasteiger partial charge in [-0.05, 0) is 43.2 Å². The molecule has 1 nitrogen and oxygen atoms in total. The van der Waals surface area contributed by atoms with E-state index in [2.05, 4.69) is 63.2 Å². The summed E-state index contributed by atoms with van der Waals surface area (Å²) in [5, 5.41) is 0. The third-order valence-electron chi connectivity index (χ3n) is 3.44. The molecular formula is C14H21BrOS. The number of thiol groups is 1. The highest BCUT2D eigenvalue weighted by Gasteiger charge is 2.28. The van der Waals surface area contributed by atoms with Crippen LogP contribution >= 0.6 is 28.6 Å². The topological polar surface area (TPSA) is 9.23 Å². The molecule has 0 aliphatic rings. The zero-order chi connectivity index (χ0) is 13.4. The zero-order valence-electron chi connectivity index (χ0n) is 11.4. The summed E-state index contributed by atoms with van der Waals surface area (Å²) in [6.07, 6.45) is 0. The Kier molecular flexibility index (Phi) is 4.59. The van der Waals surface area contributed by atoms with Crippen LogP contribution in [0, 0.1) is 20.8 Å². The Bertz CT molecular complexity index is 439. The van der Waals surface area contributed by atoms with E-state index in [0.29, 0.717) is 0 Å². The van der Waals surface area contributed by atoms with E-state index < -0.39 is 0 Å². The first-order valence-electron chi connectivity index (χ1n) is 5.72. The molecule has 0 unspecified atom stereocenters. The monoisotopic (exact) mass is 316 g/mol. The van der Waals surface area contributed by atoms with Gasteiger partial charge in [-0.3, -0.25) is 0 Å². The van der Waals surface area contributed by atoms with Crippen LogP contribution in [0.4, 0.5) is 0 Å². The lowest BCUT2D eigenvalue weighted by molar-refractivity contribution is 0.394. The molecule has 0 saturated carbocycles. The molecule has 96 valence electrons. The fraction of sp³-hybridized carbons (Fsp3) is 0.571. The molecule has 0 aliphatic carbocycles. The fourth-order valence-electron chi connectivity index (χ4n) is 2.23. The zero-order valence-corrected chi connectivity index (χ0v) is 13.9. The first-order valence-corrected chi connectivity index (χ1v) is 7.15. The van der Waals surface area contributed by atoms with Crippen molar-refractivity contribution in [3.8, 4) is 5.75 Å². The Morgan fingerprint density at radius 3 is 2.06 bits per heavy atom. The van der Waals surface area contributed by atoms with Crippen molar-refractivity contribution in [2.75, 3.05) is 12.9 Å². The van der Waals surface area contributed by atoms with Crippen LogP contribution < -0.4 is 4.74 Å². The summed E-state index contributed by atoms with van der Waals surface area (Å²) in [4.78, 5) is 0. The van der Waals surface area contributed by atoms with Crippen LogP contribution in [0.3, 0.4) is 0 Å². The molecule has 1 aromatic carbocycles. The average Bonchev–Trinajstić information content (AvgIpc) is 2.30. The largest absolute Gasteiger partial charge is 0.496 e. The number of halogens is 1. The molecule has 0 radical (unpaired) electrons. The van der Waals surface area contributed by atoms with Crippen molar-refractivity contribution in [2.45, 2.75) is 40.0 Å². The quantitative estimate of drug-likeness (QED) is 0.802. The van der Waals surface area contributed by atoms with Crippen LogP contribution in [0.1, 0.15) is 36.1 Å². The lowest BCUT2D eigenvalue weighted by Gasteiger charge is -2.30. The van der Waals surface area contributed by atoms with E-state index in [1.807, 2.05) is 0 Å². The minimum absolute atomic E-state index is 0.000478. The second-order valence-corrected chi connectivity index (χ2v) is 6.25. The van der Waals surface area contributed by atoms with Gasteiger partial charge in [-0.25, -0.2) is 0 Å². The summed E-state index contributed by atoms with van der Waals surface area (Å²) in [6.45, 7) is 10.8. The van der Waals surface area contributed by atoms with Crippen molar-refractivity contribution in [3.63, 3.8) is 0 Å². The summed E-state index contributed by atoms with van der Waals surface area (Å²) >= 11 is 8.15. The molecular weight excluding hydrogens is 296 g/mol. The van der Waals surface area contributed by atoms with Gasteiger partial charge in [0.15, 0.2) is 0 Å². The Morgan fingerprint density at radius 2 is 1.65 bits per heavy atom. The van der Waals surface area contributed by atoms with Gasteiger partial charge < -0.3 is 4.74 Å². The molecule has 0 bridgehead atoms. The fourth-order valence-corrected chi connectivity index (χ4v) is 2.89. The van der Waals surface area contributed by atoms with E-state index in [0.717, 1.165) is 11.5 Å². The summed E-state index contributed by atoms with van der Waals surface area (Å²) in [5.41, 5.74) is 4.96. The molecule has 0 fully saturated rings. The molecule has 0 heterocycles. The lowest BCUT2D eigenvalue weighted by atomic mass is 9.81. The SMILES string of the molecule is COc1c(C)c(C)c(Br)c(C)c1C(C)(C)CS. The van der Waals surface area contributed by atoms with Crippen LogP contribution in [-0.4, -0.2) is 12.9 Å². The number of benzene rings is 1. The second-order valence-electron chi connectivity index (χ2n) is 5.14. The van der Waals surface area contributed by atoms with E-state index in [-0.39, 0.29) is 5.41 Å². The minimum atomic E-state index is -0.000478. The second kappa shape index (κ2) is 5.23. The summed E-state index contributed by atoms with van der Waals surface area (Å²) < 4.78 is 6.81. The first kappa shape index (κ1) is 14.9. The predicted octanol–water partition coefficient (Wildman–Crippen LogP) is 4.59. The van der Waals surface area contributed by atoms with Gasteiger partial charge in [0.1, 0.15) is 5.75 Å². The molecule has 0 N–H and O–H groups in total. The number of rotatable bonds is 3. The van der Waals surface area contributed by atoms with Gasteiger partial charge in [-0.1, -0.05) is 29.8 Å². The first-order chi connectivity index (χ1) is 7.77. The van der Waals surface area contributed by atoms with Crippen molar-refractivity contribution in [1.82, 2.24) is 0 Å². The standard InChI is InChI=1S/C14H21BrOS/c1-8-9(2)13(16-6)11(10(3)12(8)15)14(4,5)7-17/h17H,7H2,1-6H3. The van der Waals surface area contributed by atoms with E-state index in [4.69, 9.17) is 4.74 Å². The van der Waals surface area contributed by atoms with Gasteiger partial charge >= 0.3 is 0 Å². The van der Waals surface area contributed by atoms with Gasteiger partial charge in [0.2, 0.25) is 0 Å². The third-order valence-corrected chi connectivity index (χ3v) is 5.42. The summed E-state index contributed by atoms with van der Waals surface area (Å²) in [5.74, 6) is 1.79. The number of hydrogen-bond donors (Lipinski definition) is 1.